The van der Waals surface area contributed by atoms with Gasteiger partial charge in [-0.3, -0.25) is 0 Å². The largest absolute Gasteiger partial charge is 0.496 e. The predicted octanol–water partition coefficient (Wildman–Crippen LogP) is 3.86. The highest BCUT2D eigenvalue weighted by molar-refractivity contribution is 9.09. The summed E-state index contributed by atoms with van der Waals surface area (Å²) in [4.78, 5) is 0.301. The lowest BCUT2D eigenvalue weighted by Crippen LogP contribution is -2.16. The van der Waals surface area contributed by atoms with Crippen molar-refractivity contribution in [3.05, 3.63) is 29.3 Å². The van der Waals surface area contributed by atoms with Crippen LogP contribution in [0.25, 0.3) is 0 Å². The second-order valence-electron chi connectivity index (χ2n) is 4.68. The van der Waals surface area contributed by atoms with Gasteiger partial charge in [-0.25, -0.2) is 0 Å². The summed E-state index contributed by atoms with van der Waals surface area (Å²) in [6, 6.07) is 6.32. The van der Waals surface area contributed by atoms with Crippen molar-refractivity contribution < 1.29 is 9.47 Å². The minimum Gasteiger partial charge on any atom is -0.496 e. The van der Waals surface area contributed by atoms with Crippen LogP contribution in [-0.4, -0.2) is 19.8 Å². The first-order valence-electron chi connectivity index (χ1n) is 6.03. The van der Waals surface area contributed by atoms with Gasteiger partial charge >= 0.3 is 0 Å². The van der Waals surface area contributed by atoms with Crippen LogP contribution in [0.5, 0.6) is 5.75 Å². The normalized spacial score (nSPS) is 25.9. The van der Waals surface area contributed by atoms with Gasteiger partial charge in [-0.15, -0.1) is 0 Å². The lowest BCUT2D eigenvalue weighted by Gasteiger charge is -2.23. The minimum atomic E-state index is 0.301. The molecule has 3 heteroatoms. The van der Waals surface area contributed by atoms with Gasteiger partial charge in [0.15, 0.2) is 0 Å². The standard InChI is InChI=1S/C14H19BrO2/c1-9-4-5-13(16-3)12(8-9)14(15)11-6-7-17-10(11)2/h4-5,8,10-11,14H,6-7H2,1-3H3. The van der Waals surface area contributed by atoms with Gasteiger partial charge in [0.1, 0.15) is 5.75 Å². The fraction of sp³-hybridized carbons (Fsp3) is 0.571. The first-order valence-corrected chi connectivity index (χ1v) is 6.95. The zero-order valence-corrected chi connectivity index (χ0v) is 12.2. The highest BCUT2D eigenvalue weighted by Crippen LogP contribution is 2.42. The maximum atomic E-state index is 5.64. The molecule has 0 aliphatic carbocycles. The molecule has 3 unspecified atom stereocenters. The smallest absolute Gasteiger partial charge is 0.123 e. The summed E-state index contributed by atoms with van der Waals surface area (Å²) < 4.78 is 11.1. The van der Waals surface area contributed by atoms with Gasteiger partial charge in [0.2, 0.25) is 0 Å². The summed E-state index contributed by atoms with van der Waals surface area (Å²) in [6.07, 6.45) is 1.42. The van der Waals surface area contributed by atoms with E-state index >= 15 is 0 Å². The summed E-state index contributed by atoms with van der Waals surface area (Å²) in [7, 11) is 1.72. The van der Waals surface area contributed by atoms with Crippen LogP contribution in [0.1, 0.15) is 29.3 Å². The van der Waals surface area contributed by atoms with Gasteiger partial charge in [0.05, 0.1) is 13.2 Å². The molecule has 17 heavy (non-hydrogen) atoms. The molecule has 3 atom stereocenters. The highest BCUT2D eigenvalue weighted by atomic mass is 79.9. The van der Waals surface area contributed by atoms with Gasteiger partial charge in [-0.05, 0) is 26.3 Å². The average Bonchev–Trinajstić information content (AvgIpc) is 2.74. The molecule has 0 radical (unpaired) electrons. The van der Waals surface area contributed by atoms with Crippen LogP contribution in [0.3, 0.4) is 0 Å². The lowest BCUT2D eigenvalue weighted by atomic mass is 9.92. The molecule has 1 fully saturated rings. The monoisotopic (exact) mass is 298 g/mol. The van der Waals surface area contributed by atoms with Crippen molar-refractivity contribution in [2.24, 2.45) is 5.92 Å². The Balaban J connectivity index is 2.28. The van der Waals surface area contributed by atoms with E-state index in [-0.39, 0.29) is 0 Å². The molecule has 2 rings (SSSR count). The molecule has 0 saturated carbocycles. The third-order valence-electron chi connectivity index (χ3n) is 3.49. The Hall–Kier alpha value is -0.540. The number of methoxy groups -OCH3 is 1. The van der Waals surface area contributed by atoms with E-state index in [1.165, 1.54) is 11.1 Å². The SMILES string of the molecule is COc1ccc(C)cc1C(Br)C1CCOC1C. The van der Waals surface area contributed by atoms with E-state index in [9.17, 15) is 0 Å². The number of benzene rings is 1. The van der Waals surface area contributed by atoms with Crippen LogP contribution < -0.4 is 4.74 Å². The zero-order chi connectivity index (χ0) is 12.4. The van der Waals surface area contributed by atoms with Gasteiger partial charge < -0.3 is 9.47 Å². The van der Waals surface area contributed by atoms with Crippen LogP contribution in [0.15, 0.2) is 18.2 Å². The fourth-order valence-electron chi connectivity index (χ4n) is 2.43. The predicted molar refractivity (Wildman–Crippen MR) is 72.9 cm³/mol. The second kappa shape index (κ2) is 5.40. The Morgan fingerprint density at radius 2 is 2.24 bits per heavy atom. The Morgan fingerprint density at radius 1 is 1.47 bits per heavy atom. The van der Waals surface area contributed by atoms with E-state index in [0.29, 0.717) is 16.8 Å². The van der Waals surface area contributed by atoms with Crippen molar-refractivity contribution >= 4 is 15.9 Å². The number of rotatable bonds is 3. The molecule has 2 nitrogen and oxygen atoms in total. The third kappa shape index (κ3) is 2.66. The molecule has 0 aromatic heterocycles. The summed E-state index contributed by atoms with van der Waals surface area (Å²) in [5, 5.41) is 0. The first kappa shape index (κ1) is 12.9. The average molecular weight is 299 g/mol. The summed E-state index contributed by atoms with van der Waals surface area (Å²) in [5.41, 5.74) is 2.49. The Bertz CT molecular complexity index is 392. The van der Waals surface area contributed by atoms with E-state index in [1.807, 2.05) is 6.07 Å². The molecule has 1 saturated heterocycles. The van der Waals surface area contributed by atoms with Crippen LogP contribution in [0, 0.1) is 12.8 Å². The maximum Gasteiger partial charge on any atom is 0.123 e. The van der Waals surface area contributed by atoms with Crippen molar-refractivity contribution in [2.45, 2.75) is 31.2 Å². The molecule has 1 heterocycles. The Labute approximate surface area is 111 Å². The van der Waals surface area contributed by atoms with Gasteiger partial charge in [0.25, 0.3) is 0 Å². The molecular weight excluding hydrogens is 280 g/mol. The summed E-state index contributed by atoms with van der Waals surface area (Å²) in [6.45, 7) is 5.12. The first-order chi connectivity index (χ1) is 8.13. The van der Waals surface area contributed by atoms with Crippen molar-refractivity contribution in [1.29, 1.82) is 0 Å². The molecule has 1 aromatic rings. The van der Waals surface area contributed by atoms with Crippen LogP contribution >= 0.6 is 15.9 Å². The van der Waals surface area contributed by atoms with Crippen molar-refractivity contribution in [3.8, 4) is 5.75 Å². The molecule has 0 bridgehead atoms. The number of hydrogen-bond donors (Lipinski definition) is 0. The van der Waals surface area contributed by atoms with Gasteiger partial charge in [-0.1, -0.05) is 33.6 Å². The molecule has 1 aliphatic heterocycles. The molecule has 1 aliphatic rings. The van der Waals surface area contributed by atoms with E-state index in [1.54, 1.807) is 7.11 Å². The van der Waals surface area contributed by atoms with E-state index in [4.69, 9.17) is 9.47 Å². The number of halogens is 1. The van der Waals surface area contributed by atoms with Crippen molar-refractivity contribution in [2.75, 3.05) is 13.7 Å². The van der Waals surface area contributed by atoms with Crippen LogP contribution in [0.4, 0.5) is 0 Å². The number of alkyl halides is 1. The molecule has 0 N–H and O–H groups in total. The molecule has 1 aromatic carbocycles. The second-order valence-corrected chi connectivity index (χ2v) is 5.66. The Kier molecular flexibility index (Phi) is 4.10. The van der Waals surface area contributed by atoms with E-state index in [0.717, 1.165) is 18.8 Å². The molecular formula is C14H19BrO2. The van der Waals surface area contributed by atoms with Gasteiger partial charge in [0, 0.05) is 22.9 Å². The van der Waals surface area contributed by atoms with Crippen LogP contribution in [-0.2, 0) is 4.74 Å². The molecule has 94 valence electrons. The summed E-state index contributed by atoms with van der Waals surface area (Å²) in [5.74, 6) is 1.47. The lowest BCUT2D eigenvalue weighted by molar-refractivity contribution is 0.105. The Morgan fingerprint density at radius 3 is 2.82 bits per heavy atom. The summed E-state index contributed by atoms with van der Waals surface area (Å²) >= 11 is 3.82. The molecule has 0 spiro atoms. The maximum absolute atomic E-state index is 5.64. The topological polar surface area (TPSA) is 18.5 Å². The number of hydrogen-bond acceptors (Lipinski definition) is 2. The fourth-order valence-corrected chi connectivity index (χ4v) is 3.48. The van der Waals surface area contributed by atoms with Gasteiger partial charge in [-0.2, -0.15) is 0 Å². The molecule has 0 amide bonds. The minimum absolute atomic E-state index is 0.301. The zero-order valence-electron chi connectivity index (χ0n) is 10.6. The van der Waals surface area contributed by atoms with E-state index in [2.05, 4.69) is 41.9 Å². The van der Waals surface area contributed by atoms with Crippen LogP contribution in [0.2, 0.25) is 0 Å². The third-order valence-corrected chi connectivity index (χ3v) is 4.67. The quantitative estimate of drug-likeness (QED) is 0.789. The van der Waals surface area contributed by atoms with Crippen molar-refractivity contribution in [1.82, 2.24) is 0 Å². The van der Waals surface area contributed by atoms with Crippen molar-refractivity contribution in [3.63, 3.8) is 0 Å². The van der Waals surface area contributed by atoms with E-state index < -0.39 is 0 Å². The number of ether oxygens (including phenoxy) is 2. The highest BCUT2D eigenvalue weighted by Gasteiger charge is 2.32. The number of aryl methyl sites for hydroxylation is 1.